The molecule has 16 nitrogen and oxygen atoms in total. The lowest BCUT2D eigenvalue weighted by molar-refractivity contribution is -0.136. The van der Waals surface area contributed by atoms with Crippen LogP contribution in [0, 0.1) is 5.92 Å². The fourth-order valence-electron chi connectivity index (χ4n) is 9.52. The molecule has 4 saturated heterocycles. The van der Waals surface area contributed by atoms with Crippen molar-refractivity contribution in [2.24, 2.45) is 5.92 Å². The maximum Gasteiger partial charge on any atom is 0.262 e. The zero-order valence-corrected chi connectivity index (χ0v) is 37.3. The van der Waals surface area contributed by atoms with E-state index >= 15 is 0 Å². The predicted octanol–water partition coefficient (Wildman–Crippen LogP) is 5.00. The van der Waals surface area contributed by atoms with Crippen LogP contribution in [0.3, 0.4) is 0 Å². The zero-order valence-electron chi connectivity index (χ0n) is 35.7. The quantitative estimate of drug-likeness (QED) is 0.128. The lowest BCUT2D eigenvalue weighted by Gasteiger charge is -2.46. The molecule has 0 saturated carbocycles. The third kappa shape index (κ3) is 8.86. The molecule has 3 N–H and O–H groups in total. The molecule has 0 radical (unpaired) electrons. The minimum atomic E-state index is -2.55. The number of likely N-dealkylation sites (tertiary alicyclic amines) is 1. The van der Waals surface area contributed by atoms with E-state index in [1.54, 1.807) is 32.6 Å². The van der Waals surface area contributed by atoms with E-state index < -0.39 is 30.9 Å². The van der Waals surface area contributed by atoms with Crippen molar-refractivity contribution in [1.82, 2.24) is 30.0 Å². The second-order valence-corrected chi connectivity index (χ2v) is 21.0. The van der Waals surface area contributed by atoms with Crippen molar-refractivity contribution in [1.29, 1.82) is 0 Å². The van der Waals surface area contributed by atoms with Gasteiger partial charge in [0.2, 0.25) is 17.8 Å². The van der Waals surface area contributed by atoms with Gasteiger partial charge in [0.25, 0.3) is 11.8 Å². The van der Waals surface area contributed by atoms with Crippen LogP contribution in [0.15, 0.2) is 66.9 Å². The topological polar surface area (TPSA) is 173 Å². The molecule has 1 unspecified atom stereocenters. The molecule has 4 amide bonds. The van der Waals surface area contributed by atoms with E-state index in [4.69, 9.17) is 16.3 Å². The molecule has 0 aliphatic carbocycles. The first-order valence-electron chi connectivity index (χ1n) is 21.5. The molecule has 1 atom stereocenters. The molecule has 330 valence electrons. The van der Waals surface area contributed by atoms with Crippen molar-refractivity contribution in [3.63, 3.8) is 0 Å². The Labute approximate surface area is 371 Å². The summed E-state index contributed by atoms with van der Waals surface area (Å²) in [4.78, 5) is 70.4. The largest absolute Gasteiger partial charge is 0.494 e. The Morgan fingerprint density at radius 3 is 2.27 bits per heavy atom. The van der Waals surface area contributed by atoms with Gasteiger partial charge >= 0.3 is 0 Å². The first-order chi connectivity index (χ1) is 30.3. The molecule has 4 fully saturated rings. The van der Waals surface area contributed by atoms with Crippen molar-refractivity contribution < 1.29 is 28.5 Å². The predicted molar refractivity (Wildman–Crippen MR) is 244 cm³/mol. The number of halogens is 1. The normalized spacial score (nSPS) is 20.4. The molecule has 4 aromatic rings. The van der Waals surface area contributed by atoms with E-state index in [1.807, 2.05) is 42.5 Å². The van der Waals surface area contributed by atoms with Gasteiger partial charge in [-0.2, -0.15) is 4.98 Å². The summed E-state index contributed by atoms with van der Waals surface area (Å²) in [6, 6.07) is 18.5. The maximum atomic E-state index is 13.3. The molecule has 0 spiro atoms. The number of imide groups is 2. The first kappa shape index (κ1) is 42.7. The summed E-state index contributed by atoms with van der Waals surface area (Å²) in [7, 11) is -0.901. The van der Waals surface area contributed by atoms with Crippen LogP contribution in [0.1, 0.15) is 46.4 Å². The lowest BCUT2D eigenvalue weighted by atomic mass is 9.95. The van der Waals surface area contributed by atoms with Crippen LogP contribution < -0.4 is 35.8 Å². The van der Waals surface area contributed by atoms with Gasteiger partial charge in [-0.25, -0.2) is 4.98 Å². The van der Waals surface area contributed by atoms with Crippen LogP contribution >= 0.6 is 18.7 Å². The van der Waals surface area contributed by atoms with Crippen molar-refractivity contribution >= 4 is 82.2 Å². The molecule has 5 aliphatic heterocycles. The number of nitrogens with one attached hydrogen (secondary N) is 3. The van der Waals surface area contributed by atoms with E-state index in [2.05, 4.69) is 51.6 Å². The molecule has 1 aromatic heterocycles. The van der Waals surface area contributed by atoms with E-state index in [0.29, 0.717) is 56.6 Å². The Kier molecular flexibility index (Phi) is 11.9. The number of hydrogen-bond donors (Lipinski definition) is 3. The Bertz CT molecular complexity index is 2500. The van der Waals surface area contributed by atoms with Crippen LogP contribution in [0.4, 0.5) is 34.5 Å². The number of amides is 4. The third-order valence-electron chi connectivity index (χ3n) is 12.9. The molecule has 0 bridgehead atoms. The average molecular weight is 895 g/mol. The second-order valence-electron chi connectivity index (χ2n) is 17.4. The number of para-hydroxylation sites is 1. The van der Waals surface area contributed by atoms with Crippen LogP contribution in [0.2, 0.25) is 5.02 Å². The summed E-state index contributed by atoms with van der Waals surface area (Å²) < 4.78 is 18.7. The van der Waals surface area contributed by atoms with Gasteiger partial charge in [0, 0.05) is 86.9 Å². The van der Waals surface area contributed by atoms with Gasteiger partial charge in [0.1, 0.15) is 24.0 Å². The van der Waals surface area contributed by atoms with E-state index in [-0.39, 0.29) is 18.7 Å². The highest BCUT2D eigenvalue weighted by Crippen LogP contribution is 2.39. The maximum absolute atomic E-state index is 13.3. The van der Waals surface area contributed by atoms with Gasteiger partial charge in [-0.1, -0.05) is 23.7 Å². The Morgan fingerprint density at radius 2 is 1.54 bits per heavy atom. The van der Waals surface area contributed by atoms with Gasteiger partial charge in [-0.3, -0.25) is 34.3 Å². The standard InChI is InChI=1S/C45H52ClN10O6P/c1-62-38-23-31(9-11-35(38)49-45-47-24-34(46)41(51-45)48-36-6-4-5-7-39(36)63(2,3)61)54-20-18-53(19-21-54)29-14-16-52(17-15-29)25-28-26-55(27-28)30-8-10-32-33(22-30)44(60)56(43(32)59)37-12-13-40(57)50-42(37)58/h4-11,22-24,28-29,37H,12-21,25-27H2,1-3H3,(H,50,57,58)(H2,47,48,49,51). The molecule has 6 heterocycles. The molecule has 9 rings (SSSR count). The number of methoxy groups -OCH3 is 1. The van der Waals surface area contributed by atoms with Gasteiger partial charge in [-0.05, 0) is 88.1 Å². The fraction of sp³-hybridized carbons (Fsp3) is 0.422. The molecule has 63 heavy (non-hydrogen) atoms. The number of fused-ring (bicyclic) bond motifs is 1. The van der Waals surface area contributed by atoms with E-state index in [1.165, 1.54) is 6.20 Å². The summed E-state index contributed by atoms with van der Waals surface area (Å²) in [5.74, 6) is -0.0102. The number of ether oxygens (including phenoxy) is 1. The number of anilines is 6. The van der Waals surface area contributed by atoms with Crippen LogP contribution in [-0.2, 0) is 14.2 Å². The monoisotopic (exact) mass is 894 g/mol. The highest BCUT2D eigenvalue weighted by Gasteiger charge is 2.45. The van der Waals surface area contributed by atoms with E-state index in [0.717, 1.165) is 93.7 Å². The molecular formula is C45H52ClN10O6P. The number of aromatic nitrogens is 2. The van der Waals surface area contributed by atoms with Crippen LogP contribution in [-0.4, -0.2) is 140 Å². The van der Waals surface area contributed by atoms with Crippen molar-refractivity contribution in [2.45, 2.75) is 37.8 Å². The number of hydrogen-bond acceptors (Lipinski definition) is 14. The van der Waals surface area contributed by atoms with Crippen LogP contribution in [0.5, 0.6) is 5.75 Å². The number of benzene rings is 3. The highest BCUT2D eigenvalue weighted by molar-refractivity contribution is 7.70. The highest BCUT2D eigenvalue weighted by atomic mass is 35.5. The second kappa shape index (κ2) is 17.6. The van der Waals surface area contributed by atoms with Gasteiger partial charge in [0.05, 0.1) is 35.8 Å². The number of piperidine rings is 2. The van der Waals surface area contributed by atoms with Crippen molar-refractivity contribution in [3.8, 4) is 5.75 Å². The smallest absolute Gasteiger partial charge is 0.262 e. The Morgan fingerprint density at radius 1 is 0.825 bits per heavy atom. The first-order valence-corrected chi connectivity index (χ1v) is 24.5. The third-order valence-corrected chi connectivity index (χ3v) is 14.8. The summed E-state index contributed by atoms with van der Waals surface area (Å²) in [5, 5.41) is 9.84. The zero-order chi connectivity index (χ0) is 44.0. The lowest BCUT2D eigenvalue weighted by Crippen LogP contribution is -2.55. The average Bonchev–Trinajstić information content (AvgIpc) is 3.51. The van der Waals surface area contributed by atoms with Gasteiger partial charge in [0.15, 0.2) is 5.82 Å². The van der Waals surface area contributed by atoms with Gasteiger partial charge < -0.3 is 34.6 Å². The fourth-order valence-corrected chi connectivity index (χ4v) is 10.8. The molecule has 3 aromatic carbocycles. The molecule has 5 aliphatic rings. The summed E-state index contributed by atoms with van der Waals surface area (Å²) >= 11 is 6.49. The summed E-state index contributed by atoms with van der Waals surface area (Å²) in [5.41, 5.74) is 4.03. The van der Waals surface area contributed by atoms with Crippen LogP contribution in [0.25, 0.3) is 0 Å². The SMILES string of the molecule is COc1cc(N2CCN(C3CCN(CC4CN(c5ccc6c(c5)C(=O)N(C5CCC(=O)NC5=O)C6=O)C4)CC3)CC2)ccc1Nc1ncc(Cl)c(Nc2ccccc2P(C)(C)=O)n1. The van der Waals surface area contributed by atoms with Crippen molar-refractivity contribution in [2.75, 3.05) is 99.8 Å². The number of piperazine rings is 1. The minimum Gasteiger partial charge on any atom is -0.494 e. The number of carbonyl (C=O) groups excluding carboxylic acids is 4. The number of rotatable bonds is 12. The van der Waals surface area contributed by atoms with E-state index in [9.17, 15) is 23.7 Å². The number of nitrogens with zero attached hydrogens (tertiary/aromatic N) is 7. The molecule has 18 heteroatoms. The van der Waals surface area contributed by atoms with Gasteiger partial charge in [-0.15, -0.1) is 0 Å². The summed E-state index contributed by atoms with van der Waals surface area (Å²) in [6.45, 7) is 12.2. The Balaban J connectivity index is 0.730. The Hall–Kier alpha value is -5.54. The summed E-state index contributed by atoms with van der Waals surface area (Å²) in [6.07, 6.45) is 4.05. The van der Waals surface area contributed by atoms with Crippen molar-refractivity contribution in [3.05, 3.63) is 83.0 Å². The molecular weight excluding hydrogens is 843 g/mol. The number of carbonyl (C=O) groups is 4. The minimum absolute atomic E-state index is 0.0969.